The number of Topliss-reactive ketones (excluding diaryl/α,β-unsaturated/α-hetero) is 1. The Bertz CT molecular complexity index is 710. The molecule has 0 aliphatic heterocycles. The van der Waals surface area contributed by atoms with Gasteiger partial charge in [0.15, 0.2) is 5.78 Å². The van der Waals surface area contributed by atoms with Crippen molar-refractivity contribution in [3.63, 3.8) is 0 Å². The SMILES string of the molecule is CCn1c(C)cc(C(=O)Cn2nc(C)ccc2=O)c1C. The molecule has 0 radical (unpaired) electrons. The van der Waals surface area contributed by atoms with Crippen molar-refractivity contribution >= 4 is 5.78 Å². The number of hydrogen-bond donors (Lipinski definition) is 0. The van der Waals surface area contributed by atoms with Gasteiger partial charge in [-0.2, -0.15) is 5.10 Å². The van der Waals surface area contributed by atoms with E-state index in [-0.39, 0.29) is 17.9 Å². The molecule has 106 valence electrons. The van der Waals surface area contributed by atoms with Gasteiger partial charge in [0.25, 0.3) is 5.56 Å². The van der Waals surface area contributed by atoms with Crippen LogP contribution in [0.15, 0.2) is 23.0 Å². The van der Waals surface area contributed by atoms with Gasteiger partial charge < -0.3 is 4.57 Å². The van der Waals surface area contributed by atoms with Crippen LogP contribution in [0.1, 0.15) is 34.4 Å². The van der Waals surface area contributed by atoms with Gasteiger partial charge in [-0.1, -0.05) is 0 Å². The summed E-state index contributed by atoms with van der Waals surface area (Å²) >= 11 is 0. The minimum absolute atomic E-state index is 0.0193. The molecule has 20 heavy (non-hydrogen) atoms. The van der Waals surface area contributed by atoms with E-state index in [1.807, 2.05) is 26.8 Å². The Kier molecular flexibility index (Phi) is 3.88. The molecule has 2 rings (SSSR count). The number of hydrogen-bond acceptors (Lipinski definition) is 3. The summed E-state index contributed by atoms with van der Waals surface area (Å²) in [6.07, 6.45) is 0. The maximum Gasteiger partial charge on any atom is 0.267 e. The molecule has 0 amide bonds. The van der Waals surface area contributed by atoms with E-state index in [1.165, 1.54) is 10.7 Å². The zero-order valence-electron chi connectivity index (χ0n) is 12.3. The highest BCUT2D eigenvalue weighted by molar-refractivity contribution is 5.97. The zero-order valence-corrected chi connectivity index (χ0v) is 12.3. The fourth-order valence-corrected chi connectivity index (χ4v) is 2.46. The molecule has 2 heterocycles. The van der Waals surface area contributed by atoms with Gasteiger partial charge in [-0.15, -0.1) is 0 Å². The Morgan fingerprint density at radius 3 is 2.55 bits per heavy atom. The quantitative estimate of drug-likeness (QED) is 0.799. The first-order chi connectivity index (χ1) is 9.43. The average Bonchev–Trinajstić information content (AvgIpc) is 2.69. The van der Waals surface area contributed by atoms with Gasteiger partial charge in [0, 0.05) is 29.6 Å². The summed E-state index contributed by atoms with van der Waals surface area (Å²) in [5, 5.41) is 4.09. The van der Waals surface area contributed by atoms with Crippen LogP contribution in [0.4, 0.5) is 0 Å². The van der Waals surface area contributed by atoms with Crippen LogP contribution in [0.2, 0.25) is 0 Å². The zero-order chi connectivity index (χ0) is 14.9. The van der Waals surface area contributed by atoms with E-state index in [0.717, 1.165) is 23.6 Å². The Morgan fingerprint density at radius 1 is 1.25 bits per heavy atom. The van der Waals surface area contributed by atoms with Crippen molar-refractivity contribution < 1.29 is 4.79 Å². The summed E-state index contributed by atoms with van der Waals surface area (Å²) in [4.78, 5) is 24.1. The third kappa shape index (κ3) is 2.57. The highest BCUT2D eigenvalue weighted by Crippen LogP contribution is 2.15. The first-order valence-electron chi connectivity index (χ1n) is 6.68. The second kappa shape index (κ2) is 5.45. The molecule has 5 nitrogen and oxygen atoms in total. The number of carbonyl (C=O) groups is 1. The standard InChI is InChI=1S/C15H19N3O2/c1-5-17-11(3)8-13(12(17)4)14(19)9-18-15(20)7-6-10(2)16-18/h6-8H,5,9H2,1-4H3. The second-order valence-corrected chi connectivity index (χ2v) is 4.92. The molecule has 5 heteroatoms. The Labute approximate surface area is 117 Å². The van der Waals surface area contributed by atoms with Gasteiger partial charge in [-0.05, 0) is 39.8 Å². The summed E-state index contributed by atoms with van der Waals surface area (Å²) in [6, 6.07) is 4.96. The predicted octanol–water partition coefficient (Wildman–Crippen LogP) is 1.87. The van der Waals surface area contributed by atoms with Crippen LogP contribution >= 0.6 is 0 Å². The van der Waals surface area contributed by atoms with Crippen LogP contribution < -0.4 is 5.56 Å². The Balaban J connectivity index is 2.33. The normalized spacial score (nSPS) is 10.8. The Hall–Kier alpha value is -2.17. The van der Waals surface area contributed by atoms with Crippen LogP contribution in [0.25, 0.3) is 0 Å². The lowest BCUT2D eigenvalue weighted by Gasteiger charge is -2.06. The van der Waals surface area contributed by atoms with E-state index in [1.54, 1.807) is 13.0 Å². The lowest BCUT2D eigenvalue weighted by atomic mass is 10.1. The summed E-state index contributed by atoms with van der Waals surface area (Å²) < 4.78 is 3.30. The molecule has 0 aliphatic carbocycles. The van der Waals surface area contributed by atoms with Crippen molar-refractivity contribution in [3.8, 4) is 0 Å². The summed E-state index contributed by atoms with van der Waals surface area (Å²) in [7, 11) is 0. The number of ketones is 1. The summed E-state index contributed by atoms with van der Waals surface area (Å²) in [5.41, 5.74) is 3.12. The monoisotopic (exact) mass is 273 g/mol. The van der Waals surface area contributed by atoms with E-state index in [2.05, 4.69) is 9.67 Å². The second-order valence-electron chi connectivity index (χ2n) is 4.92. The van der Waals surface area contributed by atoms with Crippen molar-refractivity contribution in [1.29, 1.82) is 0 Å². The van der Waals surface area contributed by atoms with Crippen molar-refractivity contribution in [3.05, 3.63) is 51.2 Å². The average molecular weight is 273 g/mol. The van der Waals surface area contributed by atoms with Crippen molar-refractivity contribution in [2.24, 2.45) is 0 Å². The summed E-state index contributed by atoms with van der Waals surface area (Å²) in [5.74, 6) is -0.0852. The van der Waals surface area contributed by atoms with Crippen LogP contribution in [-0.4, -0.2) is 20.1 Å². The molecular weight excluding hydrogens is 254 g/mol. The molecule has 0 saturated heterocycles. The highest BCUT2D eigenvalue weighted by Gasteiger charge is 2.16. The first kappa shape index (κ1) is 14.2. The van der Waals surface area contributed by atoms with Gasteiger partial charge in [-0.25, -0.2) is 4.68 Å². The Morgan fingerprint density at radius 2 is 1.95 bits per heavy atom. The van der Waals surface area contributed by atoms with E-state index in [0.29, 0.717) is 5.56 Å². The maximum atomic E-state index is 12.4. The number of nitrogens with zero attached hydrogens (tertiary/aromatic N) is 3. The minimum Gasteiger partial charge on any atom is -0.349 e. The molecule has 0 bridgehead atoms. The van der Waals surface area contributed by atoms with E-state index < -0.39 is 0 Å². The topological polar surface area (TPSA) is 56.9 Å². The number of carbonyl (C=O) groups excluding carboxylic acids is 1. The number of rotatable bonds is 4. The van der Waals surface area contributed by atoms with Crippen LogP contribution in [-0.2, 0) is 13.1 Å². The maximum absolute atomic E-state index is 12.4. The molecule has 0 unspecified atom stereocenters. The van der Waals surface area contributed by atoms with Gasteiger partial charge in [-0.3, -0.25) is 9.59 Å². The fraction of sp³-hybridized carbons (Fsp3) is 0.400. The molecule has 0 fully saturated rings. The lowest BCUT2D eigenvalue weighted by Crippen LogP contribution is -2.26. The number of aryl methyl sites for hydroxylation is 2. The third-order valence-corrected chi connectivity index (χ3v) is 3.48. The van der Waals surface area contributed by atoms with E-state index >= 15 is 0 Å². The van der Waals surface area contributed by atoms with Gasteiger partial charge >= 0.3 is 0 Å². The van der Waals surface area contributed by atoms with Gasteiger partial charge in [0.2, 0.25) is 0 Å². The minimum atomic E-state index is -0.256. The van der Waals surface area contributed by atoms with E-state index in [9.17, 15) is 9.59 Å². The molecule has 0 atom stereocenters. The van der Waals surface area contributed by atoms with Gasteiger partial charge in [0.05, 0.1) is 5.69 Å². The van der Waals surface area contributed by atoms with Crippen LogP contribution in [0.3, 0.4) is 0 Å². The highest BCUT2D eigenvalue weighted by atomic mass is 16.1. The summed E-state index contributed by atoms with van der Waals surface area (Å²) in [6.45, 7) is 8.55. The number of aromatic nitrogens is 3. The third-order valence-electron chi connectivity index (χ3n) is 3.48. The van der Waals surface area contributed by atoms with Gasteiger partial charge in [0.1, 0.15) is 6.54 Å². The molecule has 0 aliphatic rings. The van der Waals surface area contributed by atoms with E-state index in [4.69, 9.17) is 0 Å². The largest absolute Gasteiger partial charge is 0.349 e. The first-order valence-corrected chi connectivity index (χ1v) is 6.68. The predicted molar refractivity (Wildman–Crippen MR) is 77.1 cm³/mol. The van der Waals surface area contributed by atoms with Crippen molar-refractivity contribution in [2.45, 2.75) is 40.8 Å². The molecular formula is C15H19N3O2. The molecule has 0 aromatic carbocycles. The molecule has 0 N–H and O–H groups in total. The van der Waals surface area contributed by atoms with Crippen molar-refractivity contribution in [1.82, 2.24) is 14.3 Å². The molecule has 0 spiro atoms. The van der Waals surface area contributed by atoms with Crippen molar-refractivity contribution in [2.75, 3.05) is 0 Å². The molecule has 2 aromatic heterocycles. The fourth-order valence-electron chi connectivity index (χ4n) is 2.46. The molecule has 2 aromatic rings. The van der Waals surface area contributed by atoms with Crippen LogP contribution in [0, 0.1) is 20.8 Å². The molecule has 0 saturated carbocycles. The smallest absolute Gasteiger partial charge is 0.267 e. The van der Waals surface area contributed by atoms with Crippen LogP contribution in [0.5, 0.6) is 0 Å². The lowest BCUT2D eigenvalue weighted by molar-refractivity contribution is 0.0965.